The average Bonchev–Trinajstić information content (AvgIpc) is 3.20. The zero-order chi connectivity index (χ0) is 17.4. The molecule has 0 atom stereocenters. The maximum atomic E-state index is 10.8. The van der Waals surface area contributed by atoms with Gasteiger partial charge in [-0.2, -0.15) is 5.10 Å². The quantitative estimate of drug-likeness (QED) is 0.527. The minimum atomic E-state index is -0.425. The van der Waals surface area contributed by atoms with E-state index in [2.05, 4.69) is 19.9 Å². The number of hydrogen-bond donors (Lipinski definition) is 0. The lowest BCUT2D eigenvalue weighted by molar-refractivity contribution is -0.384. The van der Waals surface area contributed by atoms with Gasteiger partial charge in [0.2, 0.25) is 5.89 Å². The lowest BCUT2D eigenvalue weighted by atomic mass is 10.3. The van der Waals surface area contributed by atoms with Crippen molar-refractivity contribution in [3.8, 4) is 0 Å². The van der Waals surface area contributed by atoms with Crippen LogP contribution in [0.3, 0.4) is 0 Å². The number of aryl methyl sites for hydroxylation is 1. The van der Waals surface area contributed by atoms with Crippen molar-refractivity contribution < 1.29 is 9.34 Å². The van der Waals surface area contributed by atoms with Crippen molar-refractivity contribution >= 4 is 22.5 Å². The summed E-state index contributed by atoms with van der Waals surface area (Å²) in [6.07, 6.45) is 3.90. The van der Waals surface area contributed by atoms with Crippen LogP contribution in [-0.4, -0.2) is 50.8 Å². The van der Waals surface area contributed by atoms with Crippen molar-refractivity contribution in [2.45, 2.75) is 6.54 Å². The number of non-ortho nitro benzene ring substituents is 1. The van der Waals surface area contributed by atoms with E-state index in [4.69, 9.17) is 4.42 Å². The predicted octanol–water partition coefficient (Wildman–Crippen LogP) is 1.79. The second-order valence-corrected chi connectivity index (χ2v) is 6.15. The van der Waals surface area contributed by atoms with Crippen molar-refractivity contribution in [3.63, 3.8) is 0 Å². The molecule has 4 rings (SSSR count). The van der Waals surface area contributed by atoms with Crippen LogP contribution < -0.4 is 4.90 Å². The van der Waals surface area contributed by atoms with E-state index in [0.717, 1.165) is 31.9 Å². The van der Waals surface area contributed by atoms with E-state index in [1.807, 2.05) is 19.4 Å². The number of benzene rings is 1. The molecular weight excluding hydrogens is 324 g/mol. The van der Waals surface area contributed by atoms with Gasteiger partial charge in [-0.05, 0) is 6.07 Å². The fourth-order valence-electron chi connectivity index (χ4n) is 3.07. The topological polar surface area (TPSA) is 93.5 Å². The summed E-state index contributed by atoms with van der Waals surface area (Å²) < 4.78 is 7.52. The highest BCUT2D eigenvalue weighted by atomic mass is 16.6. The molecule has 25 heavy (non-hydrogen) atoms. The summed E-state index contributed by atoms with van der Waals surface area (Å²) in [6.45, 7) is 4.22. The molecule has 0 aliphatic carbocycles. The third-order valence-electron chi connectivity index (χ3n) is 4.41. The molecule has 0 N–H and O–H groups in total. The van der Waals surface area contributed by atoms with E-state index in [0.29, 0.717) is 23.5 Å². The zero-order valence-corrected chi connectivity index (χ0v) is 13.8. The number of nitro benzene ring substituents is 1. The second kappa shape index (κ2) is 6.17. The Hall–Kier alpha value is -2.94. The van der Waals surface area contributed by atoms with Crippen LogP contribution in [-0.2, 0) is 13.6 Å². The molecule has 9 heteroatoms. The summed E-state index contributed by atoms with van der Waals surface area (Å²) >= 11 is 0. The summed E-state index contributed by atoms with van der Waals surface area (Å²) in [5.74, 6) is 0.588. The van der Waals surface area contributed by atoms with Gasteiger partial charge in [-0.25, -0.2) is 4.98 Å². The van der Waals surface area contributed by atoms with Crippen LogP contribution in [0.1, 0.15) is 5.89 Å². The van der Waals surface area contributed by atoms with Gasteiger partial charge in [-0.1, -0.05) is 0 Å². The molecule has 1 aromatic carbocycles. The van der Waals surface area contributed by atoms with E-state index in [1.54, 1.807) is 10.7 Å². The Kier molecular flexibility index (Phi) is 3.85. The molecule has 0 unspecified atom stereocenters. The summed E-state index contributed by atoms with van der Waals surface area (Å²) in [4.78, 5) is 19.4. The highest BCUT2D eigenvalue weighted by Crippen LogP contribution is 2.22. The number of aromatic nitrogens is 3. The first kappa shape index (κ1) is 15.6. The van der Waals surface area contributed by atoms with Gasteiger partial charge in [-0.15, -0.1) is 0 Å². The Labute approximate surface area is 143 Å². The third kappa shape index (κ3) is 3.18. The van der Waals surface area contributed by atoms with Crippen molar-refractivity contribution in [3.05, 3.63) is 46.6 Å². The van der Waals surface area contributed by atoms with Gasteiger partial charge in [0.15, 0.2) is 5.58 Å². The molecule has 0 saturated carbocycles. The molecule has 3 aromatic rings. The summed E-state index contributed by atoms with van der Waals surface area (Å²) in [5.41, 5.74) is 2.27. The lowest BCUT2D eigenvalue weighted by Crippen LogP contribution is -2.45. The molecule has 0 bridgehead atoms. The molecule has 1 aliphatic rings. The van der Waals surface area contributed by atoms with Crippen LogP contribution >= 0.6 is 0 Å². The first-order valence-corrected chi connectivity index (χ1v) is 8.08. The van der Waals surface area contributed by atoms with E-state index in [-0.39, 0.29) is 5.69 Å². The predicted molar refractivity (Wildman–Crippen MR) is 91.4 cm³/mol. The molecule has 1 aliphatic heterocycles. The Morgan fingerprint density at radius 2 is 2.08 bits per heavy atom. The SMILES string of the molecule is Cn1cc(N2CCN(Cc3nc4cc([N+](=O)[O-])ccc4o3)CC2)cn1. The Balaban J connectivity index is 1.41. The molecule has 1 saturated heterocycles. The number of anilines is 1. The number of nitrogens with zero attached hydrogens (tertiary/aromatic N) is 6. The maximum Gasteiger partial charge on any atom is 0.271 e. The number of fused-ring (bicyclic) bond motifs is 1. The van der Waals surface area contributed by atoms with E-state index in [1.165, 1.54) is 12.1 Å². The maximum absolute atomic E-state index is 10.8. The molecule has 1 fully saturated rings. The Bertz CT molecular complexity index is 910. The van der Waals surface area contributed by atoms with E-state index >= 15 is 0 Å². The molecule has 0 radical (unpaired) electrons. The van der Waals surface area contributed by atoms with Crippen molar-refractivity contribution in [2.24, 2.45) is 7.05 Å². The van der Waals surface area contributed by atoms with Gasteiger partial charge in [0.05, 0.1) is 23.4 Å². The molecule has 2 aromatic heterocycles. The molecule has 0 spiro atoms. The van der Waals surface area contributed by atoms with Gasteiger partial charge in [0, 0.05) is 51.6 Å². The fourth-order valence-corrected chi connectivity index (χ4v) is 3.07. The molecular formula is C16H18N6O3. The third-order valence-corrected chi connectivity index (χ3v) is 4.41. The molecule has 130 valence electrons. The highest BCUT2D eigenvalue weighted by molar-refractivity contribution is 5.75. The van der Waals surface area contributed by atoms with Gasteiger partial charge in [0.25, 0.3) is 5.69 Å². The number of oxazole rings is 1. The number of rotatable bonds is 4. The number of nitro groups is 1. The van der Waals surface area contributed by atoms with Crippen LogP contribution in [0.15, 0.2) is 35.0 Å². The largest absolute Gasteiger partial charge is 0.439 e. The van der Waals surface area contributed by atoms with Gasteiger partial charge in [-0.3, -0.25) is 19.7 Å². The summed E-state index contributed by atoms with van der Waals surface area (Å²) in [7, 11) is 1.91. The molecule has 0 amide bonds. The van der Waals surface area contributed by atoms with E-state index in [9.17, 15) is 10.1 Å². The first-order chi connectivity index (χ1) is 12.1. The normalized spacial score (nSPS) is 15.8. The minimum Gasteiger partial charge on any atom is -0.439 e. The van der Waals surface area contributed by atoms with Crippen LogP contribution in [0.5, 0.6) is 0 Å². The second-order valence-electron chi connectivity index (χ2n) is 6.15. The first-order valence-electron chi connectivity index (χ1n) is 8.08. The number of hydrogen-bond acceptors (Lipinski definition) is 7. The van der Waals surface area contributed by atoms with Gasteiger partial charge >= 0.3 is 0 Å². The Morgan fingerprint density at radius 3 is 2.76 bits per heavy atom. The van der Waals surface area contributed by atoms with Crippen molar-refractivity contribution in [1.82, 2.24) is 19.7 Å². The Morgan fingerprint density at radius 1 is 1.28 bits per heavy atom. The van der Waals surface area contributed by atoms with Crippen LogP contribution in [0.2, 0.25) is 0 Å². The standard InChI is InChI=1S/C16H18N6O3/c1-19-10-13(9-17-19)21-6-4-20(5-7-21)11-16-18-14-8-12(22(23)24)2-3-15(14)25-16/h2-3,8-10H,4-7,11H2,1H3. The van der Waals surface area contributed by atoms with E-state index < -0.39 is 4.92 Å². The molecule has 9 nitrogen and oxygen atoms in total. The smallest absolute Gasteiger partial charge is 0.271 e. The van der Waals surface area contributed by atoms with Crippen molar-refractivity contribution in [2.75, 3.05) is 31.1 Å². The summed E-state index contributed by atoms with van der Waals surface area (Å²) in [5, 5.41) is 15.1. The number of piperazine rings is 1. The van der Waals surface area contributed by atoms with Gasteiger partial charge < -0.3 is 9.32 Å². The fraction of sp³-hybridized carbons (Fsp3) is 0.375. The van der Waals surface area contributed by atoms with Crippen LogP contribution in [0.4, 0.5) is 11.4 Å². The monoisotopic (exact) mass is 342 g/mol. The van der Waals surface area contributed by atoms with Gasteiger partial charge in [0.1, 0.15) is 5.52 Å². The molecule has 3 heterocycles. The average molecular weight is 342 g/mol. The minimum absolute atomic E-state index is 0.0254. The van der Waals surface area contributed by atoms with Crippen LogP contribution in [0, 0.1) is 10.1 Å². The zero-order valence-electron chi connectivity index (χ0n) is 13.8. The lowest BCUT2D eigenvalue weighted by Gasteiger charge is -2.34. The summed E-state index contributed by atoms with van der Waals surface area (Å²) in [6, 6.07) is 4.48. The highest BCUT2D eigenvalue weighted by Gasteiger charge is 2.20. The van der Waals surface area contributed by atoms with Crippen LogP contribution in [0.25, 0.3) is 11.1 Å². The van der Waals surface area contributed by atoms with Crippen molar-refractivity contribution in [1.29, 1.82) is 0 Å².